The summed E-state index contributed by atoms with van der Waals surface area (Å²) in [5.41, 5.74) is 2.03. The van der Waals surface area contributed by atoms with Gasteiger partial charge in [0.25, 0.3) is 0 Å². The van der Waals surface area contributed by atoms with Crippen LogP contribution in [-0.4, -0.2) is 54.4 Å². The predicted octanol–water partition coefficient (Wildman–Crippen LogP) is 3.89. The molecule has 0 bridgehead atoms. The van der Waals surface area contributed by atoms with Crippen molar-refractivity contribution in [3.63, 3.8) is 0 Å². The summed E-state index contributed by atoms with van der Waals surface area (Å²) in [5, 5.41) is 0. The fourth-order valence-electron chi connectivity index (χ4n) is 5.20. The van der Waals surface area contributed by atoms with E-state index < -0.39 is 10.2 Å². The molecule has 6 nitrogen and oxygen atoms in total. The number of rotatable bonds is 7. The van der Waals surface area contributed by atoms with E-state index >= 15 is 0 Å². The SMILES string of the molecule is C[S+](=O)([O-])c1ccc(CC(=O)N2CC(COc3ccccc3)C3(C2)CN(c2ccccc2)C3)cc1. The van der Waals surface area contributed by atoms with Gasteiger partial charge in [0.1, 0.15) is 12.0 Å². The van der Waals surface area contributed by atoms with E-state index in [9.17, 15) is 13.6 Å². The first kappa shape index (κ1) is 23.6. The van der Waals surface area contributed by atoms with Crippen molar-refractivity contribution < 1.29 is 18.3 Å². The number of likely N-dealkylation sites (tertiary alicyclic amines) is 1. The highest BCUT2D eigenvalue weighted by Crippen LogP contribution is 2.46. The van der Waals surface area contributed by atoms with Gasteiger partial charge in [-0.25, -0.2) is 0 Å². The van der Waals surface area contributed by atoms with E-state index in [2.05, 4.69) is 29.2 Å². The third kappa shape index (κ3) is 5.11. The lowest BCUT2D eigenvalue weighted by molar-refractivity contribution is -0.130. The van der Waals surface area contributed by atoms with Gasteiger partial charge in [-0.05, 0) is 42.0 Å². The van der Waals surface area contributed by atoms with Crippen molar-refractivity contribution in [2.75, 3.05) is 43.9 Å². The van der Waals surface area contributed by atoms with E-state index in [0.717, 1.165) is 24.4 Å². The maximum atomic E-state index is 13.2. The minimum absolute atomic E-state index is 0.000425. The molecule has 0 aliphatic carbocycles. The first-order valence-corrected chi connectivity index (χ1v) is 13.8. The topological polar surface area (TPSA) is 72.9 Å². The van der Waals surface area contributed by atoms with Gasteiger partial charge in [-0.1, -0.05) is 48.5 Å². The van der Waals surface area contributed by atoms with Crippen molar-refractivity contribution in [3.8, 4) is 5.75 Å². The van der Waals surface area contributed by atoms with Crippen molar-refractivity contribution in [1.29, 1.82) is 0 Å². The number of carbonyl (C=O) groups excluding carboxylic acids is 1. The molecule has 2 saturated heterocycles. The highest BCUT2D eigenvalue weighted by atomic mass is 32.3. The third-order valence-electron chi connectivity index (χ3n) is 7.20. The highest BCUT2D eigenvalue weighted by Gasteiger charge is 2.55. The van der Waals surface area contributed by atoms with Gasteiger partial charge in [-0.15, -0.1) is 4.21 Å². The maximum Gasteiger partial charge on any atom is 0.227 e. The van der Waals surface area contributed by atoms with Crippen LogP contribution in [-0.2, 0) is 25.6 Å². The number of benzene rings is 3. The lowest BCUT2D eigenvalue weighted by Gasteiger charge is -2.52. The Balaban J connectivity index is 1.28. The number of carbonyl (C=O) groups is 1. The van der Waals surface area contributed by atoms with E-state index in [0.29, 0.717) is 19.7 Å². The first-order chi connectivity index (χ1) is 16.8. The number of hydrogen-bond donors (Lipinski definition) is 0. The summed E-state index contributed by atoms with van der Waals surface area (Å²) in [5.74, 6) is 1.15. The molecule has 0 aromatic heterocycles. The summed E-state index contributed by atoms with van der Waals surface area (Å²) in [6.45, 7) is 3.73. The van der Waals surface area contributed by atoms with Crippen LogP contribution >= 0.6 is 0 Å². The fourth-order valence-corrected chi connectivity index (χ4v) is 5.83. The average Bonchev–Trinajstić information content (AvgIpc) is 3.23. The van der Waals surface area contributed by atoms with Crippen molar-refractivity contribution in [2.24, 2.45) is 11.3 Å². The number of nitrogens with zero attached hydrogens (tertiary/aromatic N) is 2. The van der Waals surface area contributed by atoms with Gasteiger partial charge >= 0.3 is 0 Å². The Morgan fingerprint density at radius 3 is 2.23 bits per heavy atom. The second kappa shape index (κ2) is 9.47. The number of sulfone groups is 1. The summed E-state index contributed by atoms with van der Waals surface area (Å²) in [6.07, 6.45) is 1.45. The number of amides is 1. The van der Waals surface area contributed by atoms with Crippen LogP contribution in [0.4, 0.5) is 5.69 Å². The molecule has 35 heavy (non-hydrogen) atoms. The summed E-state index contributed by atoms with van der Waals surface area (Å²) >= 11 is 0. The summed E-state index contributed by atoms with van der Waals surface area (Å²) in [6, 6.07) is 26.8. The number of para-hydroxylation sites is 2. The Labute approximate surface area is 207 Å². The first-order valence-electron chi connectivity index (χ1n) is 11.9. The lowest BCUT2D eigenvalue weighted by Crippen LogP contribution is -2.61. The molecule has 0 N–H and O–H groups in total. The van der Waals surface area contributed by atoms with Gasteiger partial charge in [0.2, 0.25) is 5.91 Å². The maximum absolute atomic E-state index is 13.2. The van der Waals surface area contributed by atoms with Crippen LogP contribution in [0.5, 0.6) is 5.75 Å². The number of ether oxygens (including phenoxy) is 1. The van der Waals surface area contributed by atoms with Crippen LogP contribution in [0.25, 0.3) is 0 Å². The Morgan fingerprint density at radius 2 is 1.60 bits per heavy atom. The second-order valence-corrected chi connectivity index (χ2v) is 11.8. The second-order valence-electron chi connectivity index (χ2n) is 9.74. The van der Waals surface area contributed by atoms with E-state index in [1.807, 2.05) is 41.3 Å². The molecule has 3 aromatic carbocycles. The van der Waals surface area contributed by atoms with Crippen molar-refractivity contribution >= 4 is 21.8 Å². The largest absolute Gasteiger partial charge is 0.610 e. The zero-order chi connectivity index (χ0) is 24.5. The molecule has 3 aromatic rings. The fraction of sp³-hybridized carbons (Fsp3) is 0.321. The van der Waals surface area contributed by atoms with Crippen LogP contribution in [0.3, 0.4) is 0 Å². The molecule has 2 heterocycles. The quantitative estimate of drug-likeness (QED) is 0.470. The molecule has 2 atom stereocenters. The van der Waals surface area contributed by atoms with Crippen LogP contribution in [0.1, 0.15) is 5.56 Å². The Morgan fingerprint density at radius 1 is 0.971 bits per heavy atom. The zero-order valence-corrected chi connectivity index (χ0v) is 20.7. The van der Waals surface area contributed by atoms with E-state index in [4.69, 9.17) is 4.74 Å². The molecule has 2 aliphatic rings. The van der Waals surface area contributed by atoms with E-state index in [1.165, 1.54) is 11.9 Å². The number of hydrogen-bond acceptors (Lipinski definition) is 5. The summed E-state index contributed by atoms with van der Waals surface area (Å²) < 4.78 is 29.6. The van der Waals surface area contributed by atoms with E-state index in [1.54, 1.807) is 24.3 Å². The van der Waals surface area contributed by atoms with Gasteiger partial charge in [0.15, 0.2) is 4.90 Å². The molecule has 7 heteroatoms. The normalized spacial score (nSPS) is 20.3. The molecule has 2 unspecified atom stereocenters. The predicted molar refractivity (Wildman–Crippen MR) is 136 cm³/mol. The summed E-state index contributed by atoms with van der Waals surface area (Å²) in [4.78, 5) is 17.8. The molecular weight excluding hydrogens is 460 g/mol. The van der Waals surface area contributed by atoms with Crippen LogP contribution in [0.15, 0.2) is 89.8 Å². The Bertz CT molecular complexity index is 1200. The molecule has 0 saturated carbocycles. The van der Waals surface area contributed by atoms with Gasteiger partial charge in [-0.3, -0.25) is 4.79 Å². The van der Waals surface area contributed by atoms with Gasteiger partial charge in [0, 0.05) is 43.2 Å². The molecule has 2 aliphatic heterocycles. The van der Waals surface area contributed by atoms with Crippen LogP contribution in [0.2, 0.25) is 0 Å². The minimum Gasteiger partial charge on any atom is -0.610 e. The van der Waals surface area contributed by atoms with Gasteiger partial charge in [-0.2, -0.15) is 0 Å². The zero-order valence-electron chi connectivity index (χ0n) is 19.8. The van der Waals surface area contributed by atoms with Crippen LogP contribution in [0, 0.1) is 11.3 Å². The van der Waals surface area contributed by atoms with Gasteiger partial charge < -0.3 is 19.1 Å². The third-order valence-corrected chi connectivity index (χ3v) is 8.33. The van der Waals surface area contributed by atoms with E-state index in [-0.39, 0.29) is 28.6 Å². The van der Waals surface area contributed by atoms with Crippen LogP contribution < -0.4 is 9.64 Å². The monoisotopic (exact) mass is 490 g/mol. The smallest absolute Gasteiger partial charge is 0.227 e. The molecule has 1 amide bonds. The Kier molecular flexibility index (Phi) is 6.38. The molecule has 1 spiro atoms. The standard InChI is InChI=1S/C28H30N2O4S/c1-35(32,33)26-14-12-22(13-15-26)16-27(31)29-17-23(18-34-25-10-6-3-7-11-25)28(19-29)20-30(21-28)24-8-4-2-5-9-24/h2-15,23H,16-21H2,1H3. The molecule has 2 fully saturated rings. The Hall–Kier alpha value is -3.16. The van der Waals surface area contributed by atoms with Gasteiger partial charge in [0.05, 0.1) is 23.2 Å². The van der Waals surface area contributed by atoms with Crippen molar-refractivity contribution in [3.05, 3.63) is 90.5 Å². The molecule has 5 rings (SSSR count). The summed E-state index contributed by atoms with van der Waals surface area (Å²) in [7, 11) is -3.25. The molecule has 0 radical (unpaired) electrons. The highest BCUT2D eigenvalue weighted by molar-refractivity contribution is 7.97. The van der Waals surface area contributed by atoms with Crippen molar-refractivity contribution in [2.45, 2.75) is 11.3 Å². The molecular formula is C28H30N2O4S. The lowest BCUT2D eigenvalue weighted by atomic mass is 9.71. The van der Waals surface area contributed by atoms with Crippen molar-refractivity contribution in [1.82, 2.24) is 4.90 Å². The minimum atomic E-state index is -3.25. The number of anilines is 1. The average molecular weight is 491 g/mol. The molecule has 182 valence electrons.